The number of carbonyl (C=O) groups excluding carboxylic acids is 1. The Morgan fingerprint density at radius 2 is 2.02 bits per heavy atom. The van der Waals surface area contributed by atoms with E-state index in [-0.39, 0.29) is 45.9 Å². The molecule has 1 amide bonds. The summed E-state index contributed by atoms with van der Waals surface area (Å²) in [7, 11) is 0.195. The second-order valence-electron chi connectivity index (χ2n) is 12.5. The third-order valence-corrected chi connectivity index (χ3v) is 11.9. The topological polar surface area (TPSA) is 67.9 Å². The van der Waals surface area contributed by atoms with Crippen LogP contribution in [0.5, 0.6) is 5.75 Å². The molecular weight excluding hydrogens is 587 g/mol. The Balaban J connectivity index is 1.56. The SMILES string of the molecule is C=C[C@H]1CC(OC)C2CCC2CN2CC(c3ccc(Cl)c(F)c3CCC)COc3ccc(cc32)C(=O)NS(=O)C(C)[C@H]1C. The Labute approximate surface area is 262 Å². The maximum Gasteiger partial charge on any atom is 0.263 e. The van der Waals surface area contributed by atoms with E-state index in [0.717, 1.165) is 43.5 Å². The lowest BCUT2D eigenvalue weighted by atomic mass is 9.68. The zero-order chi connectivity index (χ0) is 30.8. The molecule has 1 N–H and O–H groups in total. The first-order chi connectivity index (χ1) is 20.7. The summed E-state index contributed by atoms with van der Waals surface area (Å²) in [6.07, 6.45) is 6.31. The maximum absolute atomic E-state index is 15.3. The van der Waals surface area contributed by atoms with E-state index in [1.165, 1.54) is 0 Å². The molecule has 2 bridgehead atoms. The Bertz CT molecular complexity index is 1370. The number of hydrogen-bond donors (Lipinski definition) is 1. The predicted molar refractivity (Wildman–Crippen MR) is 172 cm³/mol. The van der Waals surface area contributed by atoms with Crippen molar-refractivity contribution >= 4 is 34.2 Å². The monoisotopic (exact) mass is 630 g/mol. The Kier molecular flexibility index (Phi) is 10.2. The normalized spacial score (nSPS) is 31.3. The molecule has 3 aliphatic rings. The van der Waals surface area contributed by atoms with Gasteiger partial charge in [-0.1, -0.05) is 44.0 Å². The molecule has 1 saturated carbocycles. The lowest BCUT2D eigenvalue weighted by Crippen LogP contribution is -2.45. The molecule has 0 saturated heterocycles. The third kappa shape index (κ3) is 6.52. The van der Waals surface area contributed by atoms with Gasteiger partial charge in [0, 0.05) is 31.7 Å². The van der Waals surface area contributed by atoms with Crippen LogP contribution in [0.3, 0.4) is 0 Å². The molecular formula is C34H44ClFN2O4S. The first-order valence-corrected chi connectivity index (χ1v) is 17.1. The minimum Gasteiger partial charge on any atom is -0.491 e. The summed E-state index contributed by atoms with van der Waals surface area (Å²) >= 11 is 6.21. The van der Waals surface area contributed by atoms with E-state index in [1.807, 2.05) is 38.1 Å². The van der Waals surface area contributed by atoms with E-state index in [0.29, 0.717) is 48.3 Å². The van der Waals surface area contributed by atoms with Crippen LogP contribution in [0.15, 0.2) is 43.0 Å². The molecule has 0 spiro atoms. The van der Waals surface area contributed by atoms with Crippen LogP contribution in [0.4, 0.5) is 10.1 Å². The number of halogens is 2. The molecule has 9 heteroatoms. The molecule has 2 aromatic rings. The van der Waals surface area contributed by atoms with Crippen LogP contribution < -0.4 is 14.4 Å². The highest BCUT2D eigenvalue weighted by Crippen LogP contribution is 2.44. The van der Waals surface area contributed by atoms with Crippen molar-refractivity contribution in [2.24, 2.45) is 23.7 Å². The number of allylic oxidation sites excluding steroid dienone is 1. The fourth-order valence-corrected chi connectivity index (χ4v) is 8.37. The molecule has 2 aromatic carbocycles. The summed E-state index contributed by atoms with van der Waals surface area (Å²) in [5, 5.41) is -0.137. The number of carbonyl (C=O) groups is 1. The third-order valence-electron chi connectivity index (χ3n) is 10.1. The molecule has 0 aromatic heterocycles. The van der Waals surface area contributed by atoms with Gasteiger partial charge in [-0.05, 0) is 91.7 Å². The minimum atomic E-state index is -1.59. The molecule has 5 rings (SSSR count). The summed E-state index contributed by atoms with van der Waals surface area (Å²) in [5.74, 6) is 0.715. The number of fused-ring (bicyclic) bond motifs is 2. The summed E-state index contributed by atoms with van der Waals surface area (Å²) in [6.45, 7) is 11.9. The first kappa shape index (κ1) is 32.0. The molecule has 234 valence electrons. The number of nitrogens with zero attached hydrogens (tertiary/aromatic N) is 1. The highest BCUT2D eigenvalue weighted by Gasteiger charge is 2.41. The van der Waals surface area contributed by atoms with Crippen molar-refractivity contribution in [3.63, 3.8) is 0 Å². The van der Waals surface area contributed by atoms with E-state index in [2.05, 4.69) is 23.1 Å². The number of rotatable bonds is 5. The number of ether oxygens (including phenoxy) is 2. The van der Waals surface area contributed by atoms with Crippen molar-refractivity contribution in [3.05, 3.63) is 70.5 Å². The number of hydrogen-bond acceptors (Lipinski definition) is 5. The van der Waals surface area contributed by atoms with Crippen molar-refractivity contribution < 1.29 is 22.9 Å². The number of methoxy groups -OCH3 is 1. The molecule has 8 atom stereocenters. The van der Waals surface area contributed by atoms with Crippen LogP contribution in [0.1, 0.15) is 73.9 Å². The van der Waals surface area contributed by atoms with Crippen molar-refractivity contribution in [2.75, 3.05) is 31.7 Å². The van der Waals surface area contributed by atoms with Gasteiger partial charge in [0.15, 0.2) is 0 Å². The number of amides is 1. The van der Waals surface area contributed by atoms with Crippen LogP contribution in [0, 0.1) is 29.5 Å². The van der Waals surface area contributed by atoms with E-state index in [4.69, 9.17) is 21.1 Å². The zero-order valence-electron chi connectivity index (χ0n) is 25.6. The lowest BCUT2D eigenvalue weighted by molar-refractivity contribution is -0.0294. The van der Waals surface area contributed by atoms with Crippen molar-refractivity contribution in [3.8, 4) is 5.75 Å². The fraction of sp³-hybridized carbons (Fsp3) is 0.559. The van der Waals surface area contributed by atoms with Crippen LogP contribution in [0.25, 0.3) is 0 Å². The van der Waals surface area contributed by atoms with Gasteiger partial charge in [0.2, 0.25) is 0 Å². The average Bonchev–Trinajstić information content (AvgIpc) is 3.17. The quantitative estimate of drug-likeness (QED) is 0.358. The van der Waals surface area contributed by atoms with Crippen molar-refractivity contribution in [1.82, 2.24) is 4.72 Å². The van der Waals surface area contributed by atoms with Crippen LogP contribution in [-0.4, -0.2) is 48.3 Å². The van der Waals surface area contributed by atoms with Gasteiger partial charge in [0.25, 0.3) is 5.91 Å². The van der Waals surface area contributed by atoms with E-state index >= 15 is 4.39 Å². The van der Waals surface area contributed by atoms with E-state index in [9.17, 15) is 9.00 Å². The lowest BCUT2D eigenvalue weighted by Gasteiger charge is -2.45. The fourth-order valence-electron chi connectivity index (χ4n) is 7.11. The van der Waals surface area contributed by atoms with Crippen LogP contribution in [-0.2, 0) is 22.1 Å². The van der Waals surface area contributed by atoms with Gasteiger partial charge in [-0.2, -0.15) is 0 Å². The summed E-state index contributed by atoms with van der Waals surface area (Å²) < 4.78 is 43.9. The average molecular weight is 631 g/mol. The molecule has 6 nitrogen and oxygen atoms in total. The van der Waals surface area contributed by atoms with Gasteiger partial charge >= 0.3 is 0 Å². The smallest absolute Gasteiger partial charge is 0.263 e. The Morgan fingerprint density at radius 3 is 2.70 bits per heavy atom. The van der Waals surface area contributed by atoms with Gasteiger partial charge in [-0.15, -0.1) is 6.58 Å². The van der Waals surface area contributed by atoms with E-state index in [1.54, 1.807) is 19.2 Å². The number of anilines is 1. The first-order valence-electron chi connectivity index (χ1n) is 15.5. The molecule has 0 radical (unpaired) electrons. The summed E-state index contributed by atoms with van der Waals surface area (Å²) in [6, 6.07) is 8.97. The summed E-state index contributed by atoms with van der Waals surface area (Å²) in [5.41, 5.74) is 2.82. The van der Waals surface area contributed by atoms with E-state index < -0.39 is 11.0 Å². The maximum atomic E-state index is 15.3. The molecule has 1 aliphatic carbocycles. The molecule has 6 unspecified atom stereocenters. The van der Waals surface area contributed by atoms with Gasteiger partial charge < -0.3 is 14.4 Å². The van der Waals surface area contributed by atoms with Crippen molar-refractivity contribution in [1.29, 1.82) is 0 Å². The Hall–Kier alpha value is -2.42. The molecule has 2 aliphatic heterocycles. The molecule has 1 fully saturated rings. The van der Waals surface area contributed by atoms with Crippen molar-refractivity contribution in [2.45, 2.75) is 70.1 Å². The number of benzene rings is 2. The Morgan fingerprint density at radius 1 is 1.23 bits per heavy atom. The van der Waals surface area contributed by atoms with Crippen LogP contribution >= 0.6 is 11.6 Å². The molecule has 2 heterocycles. The zero-order valence-corrected chi connectivity index (χ0v) is 27.2. The predicted octanol–water partition coefficient (Wildman–Crippen LogP) is 7.08. The highest BCUT2D eigenvalue weighted by atomic mass is 35.5. The highest BCUT2D eigenvalue weighted by molar-refractivity contribution is 7.84. The van der Waals surface area contributed by atoms with Gasteiger partial charge in [0.1, 0.15) is 22.6 Å². The van der Waals surface area contributed by atoms with Gasteiger partial charge in [0.05, 0.1) is 28.7 Å². The molecule has 43 heavy (non-hydrogen) atoms. The second-order valence-corrected chi connectivity index (χ2v) is 14.4. The number of nitrogens with one attached hydrogen (secondary N) is 1. The standard InChI is InChI=1S/C34H44ClFN2O4S/c1-6-8-28-26(12-13-29(35)33(28)36)25-18-38-17-24-9-11-27(24)32(41-5)16-22(7-2)20(3)21(4)43(40)37-34(39)23-10-14-31(42-19-25)30(38)15-23/h7,10,12-15,20-22,24-25,27,32H,2,6,8-9,11,16-19H2,1,3-5H3,(H,37,39)/t20-,21?,22+,24?,25?,27?,32?,43?/m1/s1. The second kappa shape index (κ2) is 13.7. The van der Waals surface area contributed by atoms with Gasteiger partial charge in [-0.25, -0.2) is 8.60 Å². The summed E-state index contributed by atoms with van der Waals surface area (Å²) in [4.78, 5) is 15.7. The minimum absolute atomic E-state index is 0.0335. The van der Waals surface area contributed by atoms with Crippen LogP contribution in [0.2, 0.25) is 5.02 Å². The largest absolute Gasteiger partial charge is 0.491 e. The van der Waals surface area contributed by atoms with Gasteiger partial charge in [-0.3, -0.25) is 9.52 Å².